The number of hydrogen-bond acceptors (Lipinski definition) is 6. The lowest BCUT2D eigenvalue weighted by Crippen LogP contribution is -2.20. The molecular weight excluding hydrogens is 326 g/mol. The second-order valence-corrected chi connectivity index (χ2v) is 9.26. The fourth-order valence-electron chi connectivity index (χ4n) is 3.04. The molecule has 0 aliphatic heterocycles. The van der Waals surface area contributed by atoms with Gasteiger partial charge in [-0.05, 0) is 57.2 Å². The van der Waals surface area contributed by atoms with Crippen molar-refractivity contribution in [1.29, 1.82) is 0 Å². The van der Waals surface area contributed by atoms with E-state index in [1.165, 1.54) is 47.6 Å². The number of ketones is 1. The van der Waals surface area contributed by atoms with Crippen molar-refractivity contribution in [3.8, 4) is 0 Å². The van der Waals surface area contributed by atoms with Crippen molar-refractivity contribution >= 4 is 28.5 Å². The Morgan fingerprint density at radius 2 is 2.13 bits per heavy atom. The lowest BCUT2D eigenvalue weighted by Gasteiger charge is -2.02. The molecule has 0 bridgehead atoms. The Balaban J connectivity index is 1.39. The topological polar surface area (TPSA) is 54.9 Å². The molecule has 2 aromatic rings. The molecule has 122 valence electrons. The Hall–Kier alpha value is -1.11. The van der Waals surface area contributed by atoms with Crippen LogP contribution in [-0.4, -0.2) is 28.6 Å². The van der Waals surface area contributed by atoms with Crippen molar-refractivity contribution < 1.29 is 4.79 Å². The smallest absolute Gasteiger partial charge is 0.179 e. The molecule has 2 aromatic heterocycles. The fourth-order valence-corrected chi connectivity index (χ4v) is 4.78. The van der Waals surface area contributed by atoms with E-state index in [0.29, 0.717) is 18.4 Å². The number of aromatic nitrogens is 2. The van der Waals surface area contributed by atoms with Gasteiger partial charge in [0, 0.05) is 16.8 Å². The predicted molar refractivity (Wildman–Crippen MR) is 93.6 cm³/mol. The quantitative estimate of drug-likeness (QED) is 0.779. The lowest BCUT2D eigenvalue weighted by atomic mass is 10.1. The highest BCUT2D eigenvalue weighted by Crippen LogP contribution is 2.45. The van der Waals surface area contributed by atoms with Gasteiger partial charge in [0.15, 0.2) is 5.78 Å². The van der Waals surface area contributed by atoms with Crippen LogP contribution in [0.5, 0.6) is 0 Å². The van der Waals surface area contributed by atoms with Crippen molar-refractivity contribution in [2.75, 3.05) is 6.54 Å². The summed E-state index contributed by atoms with van der Waals surface area (Å²) in [5.41, 5.74) is 1.38. The number of Topliss-reactive ketones (excluding diaryl/α,β-unsaturated/α-hetero) is 1. The van der Waals surface area contributed by atoms with Crippen molar-refractivity contribution in [1.82, 2.24) is 15.5 Å². The monoisotopic (exact) mass is 347 g/mol. The Bertz CT molecular complexity index is 732. The van der Waals surface area contributed by atoms with Crippen molar-refractivity contribution in [2.24, 2.45) is 5.92 Å². The second-order valence-electron chi connectivity index (χ2n) is 6.74. The van der Waals surface area contributed by atoms with Crippen molar-refractivity contribution in [3.05, 3.63) is 31.4 Å². The molecular formula is C17H21N3OS2. The van der Waals surface area contributed by atoms with E-state index < -0.39 is 0 Å². The van der Waals surface area contributed by atoms with Crippen LogP contribution in [0.15, 0.2) is 6.07 Å². The summed E-state index contributed by atoms with van der Waals surface area (Å²) in [6.07, 6.45) is 4.38. The molecule has 0 amide bonds. The summed E-state index contributed by atoms with van der Waals surface area (Å²) >= 11 is 3.14. The molecule has 2 aliphatic rings. The van der Waals surface area contributed by atoms with E-state index in [2.05, 4.69) is 28.5 Å². The number of rotatable bonds is 7. The third-order valence-electron chi connectivity index (χ3n) is 4.67. The van der Waals surface area contributed by atoms with E-state index in [-0.39, 0.29) is 5.78 Å². The minimum absolute atomic E-state index is 0.170. The molecule has 2 aliphatic carbocycles. The third-order valence-corrected chi connectivity index (χ3v) is 6.61. The average molecular weight is 348 g/mol. The first-order valence-corrected chi connectivity index (χ1v) is 9.89. The number of nitrogens with zero attached hydrogens (tertiary/aromatic N) is 2. The number of carbonyl (C=O) groups excluding carboxylic acids is 1. The highest BCUT2D eigenvalue weighted by molar-refractivity contribution is 7.14. The molecule has 6 heteroatoms. The van der Waals surface area contributed by atoms with Gasteiger partial charge in [0.05, 0.1) is 11.3 Å². The van der Waals surface area contributed by atoms with Gasteiger partial charge in [0.25, 0.3) is 0 Å². The first-order chi connectivity index (χ1) is 11.1. The Labute approximate surface area is 144 Å². The summed E-state index contributed by atoms with van der Waals surface area (Å²) in [5.74, 6) is 1.70. The first kappa shape index (κ1) is 15.4. The van der Waals surface area contributed by atoms with Crippen LogP contribution in [0.3, 0.4) is 0 Å². The molecule has 0 aromatic carbocycles. The van der Waals surface area contributed by atoms with Gasteiger partial charge in [-0.2, -0.15) is 0 Å². The standard InChI is InChI=1S/C17H21N3OS2/c1-9-12(13-5-14(13)18-8-11-3-4-11)6-16(22-9)15(21)7-17-20-19-10(2)23-17/h6,11,13-14,18H,3-5,7-8H2,1-2H3. The normalized spacial score (nSPS) is 23.2. The van der Waals surface area contributed by atoms with Crippen LogP contribution in [0.25, 0.3) is 0 Å². The molecule has 0 spiro atoms. The van der Waals surface area contributed by atoms with Crippen LogP contribution in [0.4, 0.5) is 0 Å². The largest absolute Gasteiger partial charge is 0.313 e. The van der Waals surface area contributed by atoms with Crippen LogP contribution < -0.4 is 5.32 Å². The maximum Gasteiger partial charge on any atom is 0.179 e. The van der Waals surface area contributed by atoms with Gasteiger partial charge in [-0.1, -0.05) is 0 Å². The molecule has 0 saturated heterocycles. The van der Waals surface area contributed by atoms with Crippen molar-refractivity contribution in [3.63, 3.8) is 0 Å². The van der Waals surface area contributed by atoms with Crippen molar-refractivity contribution in [2.45, 2.75) is 51.5 Å². The van der Waals surface area contributed by atoms with Crippen LogP contribution in [0.1, 0.15) is 55.3 Å². The van der Waals surface area contributed by atoms with Crippen LogP contribution >= 0.6 is 22.7 Å². The highest BCUT2D eigenvalue weighted by Gasteiger charge is 2.40. The van der Waals surface area contributed by atoms with Crippen LogP contribution in [0, 0.1) is 19.8 Å². The van der Waals surface area contributed by atoms with Gasteiger partial charge >= 0.3 is 0 Å². The van der Waals surface area contributed by atoms with E-state index >= 15 is 0 Å². The van der Waals surface area contributed by atoms with Gasteiger partial charge in [-0.3, -0.25) is 4.79 Å². The zero-order valence-electron chi connectivity index (χ0n) is 13.5. The molecule has 2 atom stereocenters. The van der Waals surface area contributed by atoms with Gasteiger partial charge in [0.1, 0.15) is 10.0 Å². The molecule has 2 saturated carbocycles. The second kappa shape index (κ2) is 6.07. The van der Waals surface area contributed by atoms with E-state index in [1.54, 1.807) is 11.3 Å². The van der Waals surface area contributed by atoms with E-state index in [9.17, 15) is 4.79 Å². The molecule has 1 N–H and O–H groups in total. The molecule has 0 radical (unpaired) electrons. The molecule has 4 nitrogen and oxygen atoms in total. The maximum absolute atomic E-state index is 12.5. The SMILES string of the molecule is Cc1nnc(CC(=O)c2cc(C3CC3NCC3CC3)c(C)s2)s1. The van der Waals surface area contributed by atoms with Gasteiger partial charge in [-0.15, -0.1) is 32.9 Å². The lowest BCUT2D eigenvalue weighted by molar-refractivity contribution is 0.0996. The summed E-state index contributed by atoms with van der Waals surface area (Å²) in [4.78, 5) is 14.6. The van der Waals surface area contributed by atoms with Gasteiger partial charge < -0.3 is 5.32 Å². The number of nitrogens with one attached hydrogen (secondary N) is 1. The number of thiophene rings is 1. The van der Waals surface area contributed by atoms with E-state index in [1.807, 2.05) is 6.92 Å². The van der Waals surface area contributed by atoms with Gasteiger partial charge in [0.2, 0.25) is 0 Å². The summed E-state index contributed by atoms with van der Waals surface area (Å²) < 4.78 is 0. The van der Waals surface area contributed by atoms with Gasteiger partial charge in [-0.25, -0.2) is 0 Å². The van der Waals surface area contributed by atoms with E-state index in [4.69, 9.17) is 0 Å². The molecule has 2 fully saturated rings. The average Bonchev–Trinajstić information content (AvgIpc) is 3.41. The molecule has 2 heterocycles. The Morgan fingerprint density at radius 3 is 2.83 bits per heavy atom. The highest BCUT2D eigenvalue weighted by atomic mass is 32.1. The minimum atomic E-state index is 0.170. The Morgan fingerprint density at radius 1 is 1.30 bits per heavy atom. The summed E-state index contributed by atoms with van der Waals surface area (Å²) in [6.45, 7) is 5.23. The molecule has 23 heavy (non-hydrogen) atoms. The third kappa shape index (κ3) is 3.54. The maximum atomic E-state index is 12.5. The first-order valence-electron chi connectivity index (χ1n) is 8.26. The van der Waals surface area contributed by atoms with Crippen LogP contribution in [-0.2, 0) is 6.42 Å². The molecule has 4 rings (SSSR count). The minimum Gasteiger partial charge on any atom is -0.313 e. The predicted octanol–water partition coefficient (Wildman–Crippen LogP) is 3.50. The number of aryl methyl sites for hydroxylation is 2. The zero-order chi connectivity index (χ0) is 16.0. The summed E-state index contributed by atoms with van der Waals surface area (Å²) in [7, 11) is 0. The summed E-state index contributed by atoms with van der Waals surface area (Å²) in [5, 5.41) is 13.5. The Kier molecular flexibility index (Phi) is 4.07. The van der Waals surface area contributed by atoms with E-state index in [0.717, 1.165) is 20.8 Å². The zero-order valence-corrected chi connectivity index (χ0v) is 15.1. The summed E-state index contributed by atoms with van der Waals surface area (Å²) in [6, 6.07) is 2.75. The fraction of sp³-hybridized carbons (Fsp3) is 0.588. The number of hydrogen-bond donors (Lipinski definition) is 1. The molecule has 2 unspecified atom stereocenters. The number of carbonyl (C=O) groups is 1. The van der Waals surface area contributed by atoms with Crippen LogP contribution in [0.2, 0.25) is 0 Å².